The van der Waals surface area contributed by atoms with Crippen LogP contribution in [0.1, 0.15) is 100 Å². The molecule has 0 aliphatic heterocycles. The molecule has 3 aromatic rings. The lowest BCUT2D eigenvalue weighted by molar-refractivity contribution is -0.136. The van der Waals surface area contributed by atoms with Crippen LogP contribution in [0.3, 0.4) is 0 Å². The molecule has 0 saturated heterocycles. The van der Waals surface area contributed by atoms with Gasteiger partial charge in [0.25, 0.3) is 5.92 Å². The highest BCUT2D eigenvalue weighted by atomic mass is 35.5. The lowest BCUT2D eigenvalue weighted by Gasteiger charge is -2.42. The number of aryl methyl sites for hydroxylation is 1. The minimum absolute atomic E-state index is 0.0918. The second kappa shape index (κ2) is 11.4. The van der Waals surface area contributed by atoms with Crippen LogP contribution >= 0.6 is 11.6 Å². The molecule has 3 aliphatic carbocycles. The molecule has 0 bridgehead atoms. The average Bonchev–Trinajstić information content (AvgIpc) is 3.39. The van der Waals surface area contributed by atoms with E-state index < -0.39 is 35.2 Å². The number of hydrogen-bond acceptors (Lipinski definition) is 6. The van der Waals surface area contributed by atoms with Gasteiger partial charge < -0.3 is 9.52 Å². The number of furan rings is 1. The van der Waals surface area contributed by atoms with Crippen molar-refractivity contribution in [1.82, 2.24) is 4.98 Å². The summed E-state index contributed by atoms with van der Waals surface area (Å²) in [6.45, 7) is 7.69. The molecule has 1 N–H and O–H groups in total. The highest BCUT2D eigenvalue weighted by molar-refractivity contribution is 6.31. The lowest BCUT2D eigenvalue weighted by atomic mass is 9.63. The van der Waals surface area contributed by atoms with Crippen LogP contribution in [0.4, 0.5) is 8.78 Å². The number of aromatic nitrogens is 1. The van der Waals surface area contributed by atoms with Gasteiger partial charge in [-0.3, -0.25) is 9.59 Å². The lowest BCUT2D eigenvalue weighted by Crippen LogP contribution is -2.48. The van der Waals surface area contributed by atoms with Crippen LogP contribution < -0.4 is 0 Å². The predicted molar refractivity (Wildman–Crippen MR) is 172 cm³/mol. The van der Waals surface area contributed by atoms with E-state index in [1.165, 1.54) is 0 Å². The second-order valence-corrected chi connectivity index (χ2v) is 15.3. The van der Waals surface area contributed by atoms with Crippen LogP contribution in [0.25, 0.3) is 22.4 Å². The molecule has 0 spiro atoms. The molecule has 2 heterocycles. The zero-order chi connectivity index (χ0) is 33.2. The maximum atomic E-state index is 14.2. The number of benzene rings is 1. The van der Waals surface area contributed by atoms with Crippen LogP contribution in [0.15, 0.2) is 46.4 Å². The number of halogens is 3. The van der Waals surface area contributed by atoms with Crippen LogP contribution in [0, 0.1) is 35.5 Å². The van der Waals surface area contributed by atoms with Crippen molar-refractivity contribution in [2.24, 2.45) is 17.3 Å². The summed E-state index contributed by atoms with van der Waals surface area (Å²) in [6.07, 6.45) is 4.85. The van der Waals surface area contributed by atoms with Crippen molar-refractivity contribution in [3.63, 3.8) is 0 Å². The monoisotopic (exact) mass is 648 g/mol. The molecule has 3 aliphatic rings. The van der Waals surface area contributed by atoms with Crippen molar-refractivity contribution in [3.8, 4) is 17.3 Å². The van der Waals surface area contributed by atoms with Gasteiger partial charge in [-0.05, 0) is 81.5 Å². The van der Waals surface area contributed by atoms with Gasteiger partial charge in [-0.1, -0.05) is 43.2 Å². The summed E-state index contributed by atoms with van der Waals surface area (Å²) in [7, 11) is 0. The Balaban J connectivity index is 1.31. The molecule has 6 nitrogen and oxygen atoms in total. The minimum Gasteiger partial charge on any atom is -0.451 e. The molecule has 46 heavy (non-hydrogen) atoms. The Labute approximate surface area is 272 Å². The summed E-state index contributed by atoms with van der Waals surface area (Å²) < 4.78 is 34.7. The Morgan fingerprint density at radius 3 is 2.50 bits per heavy atom. The molecular formula is C37H39ClF2N2O4. The third-order valence-corrected chi connectivity index (χ3v) is 10.8. The minimum atomic E-state index is -2.97. The van der Waals surface area contributed by atoms with E-state index in [4.69, 9.17) is 21.0 Å². The molecule has 0 radical (unpaired) electrons. The smallest absolute Gasteiger partial charge is 0.251 e. The molecule has 9 heteroatoms. The van der Waals surface area contributed by atoms with Gasteiger partial charge in [-0.2, -0.15) is 5.26 Å². The number of aliphatic hydroxyl groups is 1. The molecule has 2 aromatic heterocycles. The largest absolute Gasteiger partial charge is 0.451 e. The van der Waals surface area contributed by atoms with Gasteiger partial charge in [0.1, 0.15) is 11.3 Å². The number of nitrogens with zero attached hydrogens (tertiary/aromatic N) is 2. The third-order valence-electron chi connectivity index (χ3n) is 10.4. The number of rotatable bonds is 7. The number of alkyl halides is 2. The Kier molecular flexibility index (Phi) is 8.05. The fourth-order valence-electron chi connectivity index (χ4n) is 7.60. The zero-order valence-electron chi connectivity index (χ0n) is 26.7. The van der Waals surface area contributed by atoms with Gasteiger partial charge in [0, 0.05) is 53.3 Å². The Morgan fingerprint density at radius 2 is 1.87 bits per heavy atom. The molecule has 2 saturated carbocycles. The van der Waals surface area contributed by atoms with Crippen molar-refractivity contribution in [2.45, 2.75) is 102 Å². The van der Waals surface area contributed by atoms with Crippen LogP contribution in [0.5, 0.6) is 0 Å². The number of hydrogen-bond donors (Lipinski definition) is 1. The van der Waals surface area contributed by atoms with Crippen molar-refractivity contribution >= 4 is 34.3 Å². The summed E-state index contributed by atoms with van der Waals surface area (Å²) in [4.78, 5) is 31.7. The molecule has 242 valence electrons. The first-order valence-electron chi connectivity index (χ1n) is 16.0. The zero-order valence-corrected chi connectivity index (χ0v) is 27.4. The van der Waals surface area contributed by atoms with Gasteiger partial charge in [-0.15, -0.1) is 0 Å². The van der Waals surface area contributed by atoms with Crippen molar-refractivity contribution in [2.75, 3.05) is 0 Å². The van der Waals surface area contributed by atoms with E-state index in [2.05, 4.69) is 12.1 Å². The number of pyridine rings is 1. The highest BCUT2D eigenvalue weighted by Gasteiger charge is 2.59. The maximum Gasteiger partial charge on any atom is 0.251 e. The standard InChI is InChI=1S/C37H39ClF2N2O4/c1-21-12-23(8-9-27(21)38)28-14-26(36(20-41)18-37(39,40)19-36)33-29(42-28)15-31(46-33)32(44)25-7-5-6-22(10-11-34(25,2)3)13-30(43)24-16-35(4,45)17-24/h8-10,12,14-15,24-25,45H,5-7,11,13,16-19H2,1-4H3/b22-10-. The molecule has 1 aromatic carbocycles. The number of Topliss-reactive ketones (excluding diaryl/α,β-unsaturated/α-hetero) is 2. The van der Waals surface area contributed by atoms with Crippen LogP contribution in [-0.4, -0.2) is 33.2 Å². The van der Waals surface area contributed by atoms with Crippen LogP contribution in [-0.2, 0) is 10.2 Å². The number of carbonyl (C=O) groups is 2. The topological polar surface area (TPSA) is 104 Å². The summed E-state index contributed by atoms with van der Waals surface area (Å²) >= 11 is 6.24. The quantitative estimate of drug-likeness (QED) is 0.202. The number of nitriles is 1. The first-order valence-corrected chi connectivity index (χ1v) is 16.4. The number of ketones is 2. The van der Waals surface area contributed by atoms with E-state index in [-0.39, 0.29) is 34.7 Å². The summed E-state index contributed by atoms with van der Waals surface area (Å²) in [6, 6.07) is 10.7. The SMILES string of the molecule is Cc1cc(-c2cc(C3(C#N)CC(F)(F)C3)c3oc(C(=O)C4CCC/C(CC(=O)C5CC(C)(O)C5)=C/CC4(C)C)cc3n2)ccc1Cl. The van der Waals surface area contributed by atoms with Gasteiger partial charge in [0.15, 0.2) is 11.3 Å². The van der Waals surface area contributed by atoms with E-state index in [0.29, 0.717) is 65.9 Å². The first-order chi connectivity index (χ1) is 21.5. The average molecular weight is 649 g/mol. The van der Waals surface area contributed by atoms with Gasteiger partial charge in [0.2, 0.25) is 5.78 Å². The number of carbonyl (C=O) groups excluding carboxylic acids is 2. The Hall–Kier alpha value is -3.41. The van der Waals surface area contributed by atoms with E-state index in [0.717, 1.165) is 17.6 Å². The summed E-state index contributed by atoms with van der Waals surface area (Å²) in [5, 5.41) is 20.8. The van der Waals surface area contributed by atoms with E-state index in [1.807, 2.05) is 26.8 Å². The number of fused-ring (bicyclic) bond motifs is 1. The molecule has 6 rings (SSSR count). The predicted octanol–water partition coefficient (Wildman–Crippen LogP) is 9.09. The van der Waals surface area contributed by atoms with Crippen molar-refractivity contribution in [3.05, 3.63) is 63.9 Å². The van der Waals surface area contributed by atoms with Crippen molar-refractivity contribution in [1.29, 1.82) is 5.26 Å². The maximum absolute atomic E-state index is 14.2. The highest BCUT2D eigenvalue weighted by Crippen LogP contribution is 2.55. The van der Waals surface area contributed by atoms with Gasteiger partial charge in [-0.25, -0.2) is 13.8 Å². The summed E-state index contributed by atoms with van der Waals surface area (Å²) in [5.74, 6) is -3.37. The van der Waals surface area contributed by atoms with Crippen LogP contribution in [0.2, 0.25) is 5.02 Å². The van der Waals surface area contributed by atoms with Gasteiger partial charge >= 0.3 is 0 Å². The van der Waals surface area contributed by atoms with Gasteiger partial charge in [0.05, 0.1) is 22.8 Å². The number of allylic oxidation sites excluding steroid dienone is 2. The Morgan fingerprint density at radius 1 is 1.15 bits per heavy atom. The fraction of sp³-hybridized carbons (Fsp3) is 0.514. The molecule has 1 unspecified atom stereocenters. The van der Waals surface area contributed by atoms with E-state index in [1.54, 1.807) is 31.2 Å². The van der Waals surface area contributed by atoms with Crippen molar-refractivity contribution < 1.29 is 27.9 Å². The first kappa shape index (κ1) is 32.5. The third kappa shape index (κ3) is 6.04. The fourth-order valence-corrected chi connectivity index (χ4v) is 7.72. The summed E-state index contributed by atoms with van der Waals surface area (Å²) in [5.41, 5.74) is 1.28. The normalized spacial score (nSPS) is 27.7. The molecule has 2 fully saturated rings. The second-order valence-electron chi connectivity index (χ2n) is 14.9. The Bertz CT molecular complexity index is 1800. The molecule has 0 amide bonds. The molecular weight excluding hydrogens is 610 g/mol. The van der Waals surface area contributed by atoms with E-state index >= 15 is 0 Å². The molecule has 1 atom stereocenters. The van der Waals surface area contributed by atoms with E-state index in [9.17, 15) is 28.7 Å².